The summed E-state index contributed by atoms with van der Waals surface area (Å²) in [6.45, 7) is 0. The Morgan fingerprint density at radius 3 is 2.56 bits per heavy atom. The number of urea groups is 1. The highest BCUT2D eigenvalue weighted by Gasteiger charge is 2.73. The number of nitrogens with one attached hydrogen (secondary N) is 2. The molecule has 1 aliphatic carbocycles. The number of esters is 1. The molecule has 7 nitrogen and oxygen atoms in total. The molecule has 3 rings (SSSR count). The van der Waals surface area contributed by atoms with Crippen molar-refractivity contribution in [2.75, 3.05) is 0 Å². The van der Waals surface area contributed by atoms with Crippen LogP contribution in [-0.2, 0) is 19.6 Å². The van der Waals surface area contributed by atoms with Crippen molar-refractivity contribution in [1.29, 1.82) is 0 Å². The van der Waals surface area contributed by atoms with Crippen molar-refractivity contribution in [3.8, 4) is 0 Å². The van der Waals surface area contributed by atoms with E-state index < -0.39 is 50.7 Å². The second-order valence-corrected chi connectivity index (χ2v) is 8.33. The molecule has 2 fully saturated rings. The van der Waals surface area contributed by atoms with E-state index in [2.05, 4.69) is 0 Å². The predicted octanol–water partition coefficient (Wildman–Crippen LogP) is 2.35. The summed E-state index contributed by atoms with van der Waals surface area (Å²) in [5.74, 6) is -2.96. The van der Waals surface area contributed by atoms with Crippen LogP contribution in [0.15, 0.2) is 29.2 Å². The van der Waals surface area contributed by atoms with Gasteiger partial charge in [-0.3, -0.25) is 0 Å². The average Bonchev–Trinajstić information content (AvgIpc) is 3.08. The summed E-state index contributed by atoms with van der Waals surface area (Å²) in [6, 6.07) is 3.38. The van der Waals surface area contributed by atoms with Gasteiger partial charge in [0.05, 0.1) is 5.02 Å². The van der Waals surface area contributed by atoms with E-state index in [0.717, 1.165) is 6.07 Å². The number of rotatable bonds is 3. The Balaban J connectivity index is 1.89. The van der Waals surface area contributed by atoms with Gasteiger partial charge in [-0.05, 0) is 31.4 Å². The van der Waals surface area contributed by atoms with Crippen molar-refractivity contribution < 1.29 is 35.9 Å². The van der Waals surface area contributed by atoms with Crippen LogP contribution in [0.2, 0.25) is 5.02 Å². The van der Waals surface area contributed by atoms with Gasteiger partial charge in [-0.25, -0.2) is 22.7 Å². The van der Waals surface area contributed by atoms with Gasteiger partial charge in [-0.15, -0.1) is 0 Å². The minimum Gasteiger partial charge on any atom is -0.460 e. The second-order valence-electron chi connectivity index (χ2n) is 6.28. The van der Waals surface area contributed by atoms with Crippen LogP contribution >= 0.6 is 11.6 Å². The van der Waals surface area contributed by atoms with Crippen molar-refractivity contribution >= 4 is 33.6 Å². The molecular weight excluding hydrogens is 413 g/mol. The highest BCUT2D eigenvalue weighted by molar-refractivity contribution is 7.90. The summed E-state index contributed by atoms with van der Waals surface area (Å²) < 4.78 is 72.1. The first kappa shape index (κ1) is 19.7. The van der Waals surface area contributed by atoms with E-state index >= 15 is 0 Å². The summed E-state index contributed by atoms with van der Waals surface area (Å²) in [5.41, 5.74) is -3.30. The Labute approximate surface area is 157 Å². The quantitative estimate of drug-likeness (QED) is 0.722. The zero-order valence-electron chi connectivity index (χ0n) is 13.5. The number of hydrogen-bond donors (Lipinski definition) is 2. The minimum atomic E-state index is -5.17. The molecule has 2 N–H and O–H groups in total. The topological polar surface area (TPSA) is 102 Å². The van der Waals surface area contributed by atoms with Crippen LogP contribution in [-0.4, -0.2) is 38.2 Å². The maximum Gasteiger partial charge on any atom is 0.422 e. The van der Waals surface area contributed by atoms with Crippen LogP contribution in [0.4, 0.5) is 18.0 Å². The number of ether oxygens (including phenoxy) is 1. The maximum absolute atomic E-state index is 13.8. The standard InChI is InChI=1S/C15H14ClF3N2O5S/c16-9-5-1-2-7-11(9)27(24,25)21-13(23)20-14(15(17,18)19)8-4-3-6-10(8)26-12(14)22/h1-2,5,7-8,10H,3-4,6H2,(H2,20,21,23)/t8-,10-,14+/m1/s1. The molecule has 1 heterocycles. The van der Waals surface area contributed by atoms with Gasteiger partial charge in [-0.1, -0.05) is 23.7 Å². The third kappa shape index (κ3) is 3.22. The summed E-state index contributed by atoms with van der Waals surface area (Å²) in [5, 5.41) is 1.30. The van der Waals surface area contributed by atoms with Crippen LogP contribution in [0.25, 0.3) is 0 Å². The summed E-state index contributed by atoms with van der Waals surface area (Å²) in [7, 11) is -4.56. The Bertz CT molecular complexity index is 892. The van der Waals surface area contributed by atoms with E-state index in [1.54, 1.807) is 0 Å². The molecule has 1 aromatic rings. The number of alkyl halides is 3. The first-order valence-electron chi connectivity index (χ1n) is 7.86. The molecule has 0 spiro atoms. The fourth-order valence-electron chi connectivity index (χ4n) is 3.53. The van der Waals surface area contributed by atoms with Gasteiger partial charge in [0.15, 0.2) is 0 Å². The number of halogens is 4. The van der Waals surface area contributed by atoms with Crippen molar-refractivity contribution in [1.82, 2.24) is 10.0 Å². The zero-order valence-corrected chi connectivity index (χ0v) is 15.1. The van der Waals surface area contributed by atoms with E-state index in [1.807, 2.05) is 0 Å². The van der Waals surface area contributed by atoms with E-state index in [9.17, 15) is 31.2 Å². The van der Waals surface area contributed by atoms with Crippen LogP contribution in [0.5, 0.6) is 0 Å². The molecule has 12 heteroatoms. The number of amides is 2. The molecule has 1 saturated carbocycles. The number of hydrogen-bond acceptors (Lipinski definition) is 5. The third-order valence-corrected chi connectivity index (χ3v) is 6.53. The van der Waals surface area contributed by atoms with Crippen molar-refractivity contribution in [3.05, 3.63) is 29.3 Å². The van der Waals surface area contributed by atoms with Crippen LogP contribution in [0.1, 0.15) is 19.3 Å². The van der Waals surface area contributed by atoms with Gasteiger partial charge in [0.1, 0.15) is 11.0 Å². The lowest BCUT2D eigenvalue weighted by Crippen LogP contribution is -2.67. The van der Waals surface area contributed by atoms with Crippen molar-refractivity contribution in [3.63, 3.8) is 0 Å². The molecule has 1 aliphatic heterocycles. The highest BCUT2D eigenvalue weighted by Crippen LogP contribution is 2.50. The van der Waals surface area contributed by atoms with Crippen LogP contribution in [0.3, 0.4) is 0 Å². The monoisotopic (exact) mass is 426 g/mol. The predicted molar refractivity (Wildman–Crippen MR) is 86.3 cm³/mol. The van der Waals surface area contributed by atoms with Gasteiger partial charge in [0, 0.05) is 5.92 Å². The molecule has 148 valence electrons. The largest absolute Gasteiger partial charge is 0.460 e. The van der Waals surface area contributed by atoms with Crippen molar-refractivity contribution in [2.45, 2.75) is 42.0 Å². The molecule has 1 saturated heterocycles. The zero-order chi connectivity index (χ0) is 20.0. The average molecular weight is 427 g/mol. The van der Waals surface area contributed by atoms with Gasteiger partial charge in [0.2, 0.25) is 5.54 Å². The fourth-order valence-corrected chi connectivity index (χ4v) is 4.96. The SMILES string of the molecule is O=C(N[C@]1(C(F)(F)F)C(=O)O[C@@H]2CCC[C@H]21)NS(=O)(=O)c1ccccc1Cl. The molecule has 0 aromatic heterocycles. The maximum atomic E-state index is 13.8. The smallest absolute Gasteiger partial charge is 0.422 e. The number of carbonyl (C=O) groups excluding carboxylic acids is 2. The number of sulfonamides is 1. The Kier molecular flexibility index (Phi) is 4.79. The Hall–Kier alpha value is -2.01. The summed E-state index contributed by atoms with van der Waals surface area (Å²) >= 11 is 5.75. The van der Waals surface area contributed by atoms with E-state index in [0.29, 0.717) is 6.42 Å². The van der Waals surface area contributed by atoms with E-state index in [4.69, 9.17) is 16.3 Å². The Morgan fingerprint density at radius 2 is 1.93 bits per heavy atom. The molecule has 0 bridgehead atoms. The van der Waals surface area contributed by atoms with Crippen LogP contribution < -0.4 is 10.0 Å². The second kappa shape index (κ2) is 6.55. The van der Waals surface area contributed by atoms with Gasteiger partial charge in [-0.2, -0.15) is 13.2 Å². The van der Waals surface area contributed by atoms with Crippen molar-refractivity contribution in [2.24, 2.45) is 5.92 Å². The number of carbonyl (C=O) groups is 2. The Morgan fingerprint density at radius 1 is 1.26 bits per heavy atom. The molecule has 3 atom stereocenters. The highest BCUT2D eigenvalue weighted by atomic mass is 35.5. The molecule has 27 heavy (non-hydrogen) atoms. The minimum absolute atomic E-state index is 0.00740. The van der Waals surface area contributed by atoms with Gasteiger partial charge >= 0.3 is 18.2 Å². The molecule has 1 aromatic carbocycles. The summed E-state index contributed by atoms with van der Waals surface area (Å²) in [6.07, 6.45) is -5.50. The normalized spacial score (nSPS) is 27.8. The first-order valence-corrected chi connectivity index (χ1v) is 9.72. The van der Waals surface area contributed by atoms with E-state index in [-0.39, 0.29) is 17.9 Å². The molecular formula is C15H14ClF3N2O5S. The van der Waals surface area contributed by atoms with Gasteiger partial charge < -0.3 is 10.1 Å². The number of benzene rings is 1. The lowest BCUT2D eigenvalue weighted by molar-refractivity contribution is -0.206. The van der Waals surface area contributed by atoms with Crippen LogP contribution in [0, 0.1) is 5.92 Å². The first-order chi connectivity index (χ1) is 12.5. The summed E-state index contributed by atoms with van der Waals surface area (Å²) in [4.78, 5) is 23.7. The number of fused-ring (bicyclic) bond motifs is 1. The fraction of sp³-hybridized carbons (Fsp3) is 0.467. The third-order valence-electron chi connectivity index (χ3n) is 4.70. The molecule has 0 unspecified atom stereocenters. The van der Waals surface area contributed by atoms with E-state index in [1.165, 1.54) is 28.2 Å². The van der Waals surface area contributed by atoms with Gasteiger partial charge in [0.25, 0.3) is 10.0 Å². The molecule has 2 aliphatic rings. The lowest BCUT2D eigenvalue weighted by Gasteiger charge is -2.33. The lowest BCUT2D eigenvalue weighted by atomic mass is 9.83. The molecule has 0 radical (unpaired) electrons. The molecule has 2 amide bonds.